The summed E-state index contributed by atoms with van der Waals surface area (Å²) in [5.74, 6) is -0.162. The van der Waals surface area contributed by atoms with Gasteiger partial charge in [0.25, 0.3) is 13.2 Å². The lowest BCUT2D eigenvalue weighted by molar-refractivity contribution is -0.141. The number of ether oxygens (including phenoxy) is 3. The topological polar surface area (TPSA) is 112 Å². The predicted molar refractivity (Wildman–Crippen MR) is 157 cm³/mol. The Hall–Kier alpha value is -4.72. The van der Waals surface area contributed by atoms with Crippen molar-refractivity contribution in [2.45, 2.75) is 25.6 Å². The Bertz CT molecular complexity index is 1680. The summed E-state index contributed by atoms with van der Waals surface area (Å²) in [6, 6.07) is 10.7. The number of amides is 1. The van der Waals surface area contributed by atoms with Crippen molar-refractivity contribution >= 4 is 35.2 Å². The van der Waals surface area contributed by atoms with E-state index in [2.05, 4.69) is 20.6 Å². The number of halogens is 4. The Morgan fingerprint density at radius 2 is 1.80 bits per heavy atom. The zero-order valence-corrected chi connectivity index (χ0v) is 24.1. The van der Waals surface area contributed by atoms with Crippen LogP contribution < -0.4 is 30.3 Å². The van der Waals surface area contributed by atoms with Crippen molar-refractivity contribution in [3.8, 4) is 23.0 Å². The summed E-state index contributed by atoms with van der Waals surface area (Å²) in [4.78, 5) is 32.3. The first kappa shape index (κ1) is 31.7. The maximum Gasteiger partial charge on any atom is 0.433 e. The van der Waals surface area contributed by atoms with Crippen LogP contribution >= 0.6 is 0 Å². The number of carbonyl (C=O) groups excluding carboxylic acids is 2. The summed E-state index contributed by atoms with van der Waals surface area (Å²) >= 11 is 0. The molecule has 45 heavy (non-hydrogen) atoms. The number of methoxy groups -OCH3 is 1. The number of nitrogens with zero attached hydrogens (tertiary/aromatic N) is 2. The maximum atomic E-state index is 15.1. The van der Waals surface area contributed by atoms with E-state index in [1.165, 1.54) is 25.4 Å². The molecule has 14 heteroatoms. The van der Waals surface area contributed by atoms with E-state index in [0.29, 0.717) is 40.7 Å². The van der Waals surface area contributed by atoms with Gasteiger partial charge >= 0.3 is 6.18 Å². The molecular formula is C31H28BF4N4O5. The Labute approximate surface area is 256 Å². The molecule has 0 spiro atoms. The van der Waals surface area contributed by atoms with Crippen LogP contribution in [0.25, 0.3) is 10.9 Å². The number of alkyl halides is 3. The zero-order valence-electron chi connectivity index (χ0n) is 24.1. The molecule has 233 valence electrons. The standard InChI is InChI=1S/C31H28BF4N4O5/c1-43-26-13-21-23(14-27(26)44-17-18-6-9-37-10-7-18)38-11-8-24(21)45-25-4-3-20(12-22(25)33)32-29(41)30(42)40-16-19-2-5-28(39-15-19)31(34,35)36/h2-5,8,11-15,18,37H,6-7,9-10,16-17H2,1H3,(H,40,42). The number of piperidine rings is 1. The summed E-state index contributed by atoms with van der Waals surface area (Å²) in [5, 5.41) is 6.20. The third kappa shape index (κ3) is 8.07. The largest absolute Gasteiger partial charge is 0.493 e. The van der Waals surface area contributed by atoms with Crippen LogP contribution in [0, 0.1) is 11.7 Å². The lowest BCUT2D eigenvalue weighted by Crippen LogP contribution is -2.38. The minimum atomic E-state index is -4.59. The van der Waals surface area contributed by atoms with E-state index in [9.17, 15) is 22.8 Å². The van der Waals surface area contributed by atoms with Gasteiger partial charge in [-0.2, -0.15) is 13.2 Å². The summed E-state index contributed by atoms with van der Waals surface area (Å²) in [6.45, 7) is 2.24. The van der Waals surface area contributed by atoms with Crippen LogP contribution in [0.2, 0.25) is 0 Å². The highest BCUT2D eigenvalue weighted by Gasteiger charge is 2.32. The van der Waals surface area contributed by atoms with E-state index in [4.69, 9.17) is 14.2 Å². The van der Waals surface area contributed by atoms with E-state index >= 15 is 4.39 Å². The minimum Gasteiger partial charge on any atom is -0.493 e. The van der Waals surface area contributed by atoms with Gasteiger partial charge in [-0.1, -0.05) is 17.6 Å². The van der Waals surface area contributed by atoms with Crippen LogP contribution in [0.1, 0.15) is 24.1 Å². The van der Waals surface area contributed by atoms with Crippen LogP contribution in [0.4, 0.5) is 17.6 Å². The summed E-state index contributed by atoms with van der Waals surface area (Å²) in [6.07, 6.45) is -0.0538. The number of aromatic nitrogens is 2. The van der Waals surface area contributed by atoms with E-state index in [1.54, 1.807) is 18.2 Å². The van der Waals surface area contributed by atoms with Crippen LogP contribution in [-0.4, -0.2) is 55.6 Å². The van der Waals surface area contributed by atoms with Crippen molar-refractivity contribution in [3.63, 3.8) is 0 Å². The molecule has 9 nitrogen and oxygen atoms in total. The van der Waals surface area contributed by atoms with Gasteiger partial charge in [0, 0.05) is 30.4 Å². The van der Waals surface area contributed by atoms with Crippen LogP contribution in [0.5, 0.6) is 23.0 Å². The number of benzene rings is 2. The van der Waals surface area contributed by atoms with Gasteiger partial charge in [0.15, 0.2) is 28.7 Å². The molecular weight excluding hydrogens is 595 g/mol. The molecule has 0 atom stereocenters. The van der Waals surface area contributed by atoms with Crippen molar-refractivity contribution in [1.82, 2.24) is 20.6 Å². The van der Waals surface area contributed by atoms with Crippen LogP contribution in [0.15, 0.2) is 60.9 Å². The van der Waals surface area contributed by atoms with Gasteiger partial charge in [0.1, 0.15) is 11.4 Å². The lowest BCUT2D eigenvalue weighted by atomic mass is 9.66. The number of hydrogen-bond acceptors (Lipinski definition) is 8. The van der Waals surface area contributed by atoms with Gasteiger partial charge in [-0.3, -0.25) is 14.8 Å². The summed E-state index contributed by atoms with van der Waals surface area (Å²) in [5.41, 5.74) is -1.13. The average Bonchev–Trinajstić information content (AvgIpc) is 3.03. The maximum absolute atomic E-state index is 15.1. The highest BCUT2D eigenvalue weighted by molar-refractivity contribution is 6.95. The van der Waals surface area contributed by atoms with Crippen molar-refractivity contribution in [3.05, 3.63) is 78.0 Å². The Morgan fingerprint density at radius 3 is 2.49 bits per heavy atom. The summed E-state index contributed by atoms with van der Waals surface area (Å²) in [7, 11) is 2.46. The van der Waals surface area contributed by atoms with E-state index < -0.39 is 29.3 Å². The first-order chi connectivity index (χ1) is 21.6. The molecule has 1 fully saturated rings. The molecule has 0 saturated carbocycles. The molecule has 0 bridgehead atoms. The number of hydrogen-bond donors (Lipinski definition) is 2. The minimum absolute atomic E-state index is 0.105. The third-order valence-electron chi connectivity index (χ3n) is 7.19. The Balaban J connectivity index is 1.21. The lowest BCUT2D eigenvalue weighted by Gasteiger charge is -2.23. The molecule has 2 N–H and O–H groups in total. The van der Waals surface area contributed by atoms with Gasteiger partial charge in [-0.15, -0.1) is 0 Å². The molecule has 1 saturated heterocycles. The van der Waals surface area contributed by atoms with Gasteiger partial charge in [0.05, 0.1) is 19.2 Å². The molecule has 0 aliphatic carbocycles. The molecule has 3 heterocycles. The fourth-order valence-electron chi connectivity index (χ4n) is 4.74. The van der Waals surface area contributed by atoms with Gasteiger partial charge in [0.2, 0.25) is 0 Å². The van der Waals surface area contributed by atoms with Crippen molar-refractivity contribution in [2.24, 2.45) is 5.92 Å². The van der Waals surface area contributed by atoms with Crippen molar-refractivity contribution in [1.29, 1.82) is 0 Å². The second-order valence-corrected chi connectivity index (χ2v) is 10.4. The molecule has 1 aliphatic rings. The SMILES string of the molecule is COc1cc2c(Oc3ccc([B]C(=O)C(=O)NCc4ccc(C(F)(F)F)nc4)cc3F)ccnc2cc1OCC1CCNCC1. The first-order valence-electron chi connectivity index (χ1n) is 14.1. The number of pyridine rings is 2. The quantitative estimate of drug-likeness (QED) is 0.146. The van der Waals surface area contributed by atoms with Crippen molar-refractivity contribution in [2.75, 3.05) is 26.8 Å². The van der Waals surface area contributed by atoms with Crippen molar-refractivity contribution < 1.29 is 41.4 Å². The smallest absolute Gasteiger partial charge is 0.433 e. The van der Waals surface area contributed by atoms with E-state index in [-0.39, 0.29) is 23.3 Å². The highest BCUT2D eigenvalue weighted by Crippen LogP contribution is 2.38. The fraction of sp³-hybridized carbons (Fsp3) is 0.290. The Morgan fingerprint density at radius 1 is 1.00 bits per heavy atom. The number of nitrogens with one attached hydrogen (secondary N) is 2. The number of rotatable bonds is 11. The summed E-state index contributed by atoms with van der Waals surface area (Å²) < 4.78 is 70.5. The Kier molecular flexibility index (Phi) is 9.82. The molecule has 5 rings (SSSR count). The zero-order chi connectivity index (χ0) is 32.0. The highest BCUT2D eigenvalue weighted by atomic mass is 19.4. The molecule has 2 aromatic heterocycles. The monoisotopic (exact) mass is 623 g/mol. The van der Waals surface area contributed by atoms with Crippen LogP contribution in [-0.2, 0) is 22.3 Å². The second-order valence-electron chi connectivity index (χ2n) is 10.4. The number of carbonyl (C=O) groups is 2. The average molecular weight is 623 g/mol. The van der Waals surface area contributed by atoms with E-state index in [0.717, 1.165) is 57.6 Å². The van der Waals surface area contributed by atoms with Gasteiger partial charge in [-0.05, 0) is 67.7 Å². The molecule has 4 aromatic rings. The first-order valence-corrected chi connectivity index (χ1v) is 14.1. The van der Waals surface area contributed by atoms with E-state index in [1.807, 2.05) is 0 Å². The second kappa shape index (κ2) is 13.9. The molecule has 1 amide bonds. The molecule has 2 aromatic carbocycles. The number of fused-ring (bicyclic) bond motifs is 1. The fourth-order valence-corrected chi connectivity index (χ4v) is 4.74. The third-order valence-corrected chi connectivity index (χ3v) is 7.19. The predicted octanol–water partition coefficient (Wildman–Crippen LogP) is 4.14. The molecule has 1 aliphatic heterocycles. The molecule has 1 radical (unpaired) electrons. The van der Waals surface area contributed by atoms with Crippen LogP contribution in [0.3, 0.4) is 0 Å². The van der Waals surface area contributed by atoms with Gasteiger partial charge in [-0.25, -0.2) is 4.39 Å². The normalized spacial score (nSPS) is 13.7. The van der Waals surface area contributed by atoms with Gasteiger partial charge < -0.3 is 29.6 Å². The molecule has 0 unspecified atom stereocenters.